The molecule has 1 unspecified atom stereocenters. The minimum Gasteiger partial charge on any atom is -0.381 e. The lowest BCUT2D eigenvalue weighted by molar-refractivity contribution is 0.416. The molecule has 0 saturated carbocycles. The highest BCUT2D eigenvalue weighted by Gasteiger charge is 2.32. The third kappa shape index (κ3) is 2.62. The highest BCUT2D eigenvalue weighted by Crippen LogP contribution is 2.28. The van der Waals surface area contributed by atoms with Gasteiger partial charge in [-0.25, -0.2) is 8.42 Å². The second kappa shape index (κ2) is 5.13. The lowest BCUT2D eigenvalue weighted by Crippen LogP contribution is -2.32. The number of anilines is 1. The first kappa shape index (κ1) is 14.3. The van der Waals surface area contributed by atoms with Gasteiger partial charge in [-0.2, -0.15) is 9.40 Å². The van der Waals surface area contributed by atoms with E-state index in [0.717, 1.165) is 19.3 Å². The van der Waals surface area contributed by atoms with Crippen molar-refractivity contribution < 1.29 is 8.42 Å². The van der Waals surface area contributed by atoms with Crippen molar-refractivity contribution >= 4 is 15.8 Å². The van der Waals surface area contributed by atoms with Crippen molar-refractivity contribution in [3.8, 4) is 0 Å². The molecule has 7 heteroatoms. The summed E-state index contributed by atoms with van der Waals surface area (Å²) in [6, 6.07) is 0. The molecule has 2 N–H and O–H groups in total. The summed E-state index contributed by atoms with van der Waals surface area (Å²) in [5, 5.41) is 4.00. The van der Waals surface area contributed by atoms with Gasteiger partial charge in [-0.15, -0.1) is 0 Å². The molecule has 1 aliphatic heterocycles. The van der Waals surface area contributed by atoms with Crippen LogP contribution in [0.3, 0.4) is 0 Å². The summed E-state index contributed by atoms with van der Waals surface area (Å²) in [7, 11) is -1.82. The molecule has 1 fully saturated rings. The molecule has 0 spiro atoms. The Balaban J connectivity index is 2.36. The van der Waals surface area contributed by atoms with Gasteiger partial charge < -0.3 is 5.73 Å². The lowest BCUT2D eigenvalue weighted by Gasteiger charge is -2.20. The topological polar surface area (TPSA) is 81.2 Å². The van der Waals surface area contributed by atoms with Crippen molar-refractivity contribution in [3.05, 3.63) is 5.69 Å². The van der Waals surface area contributed by atoms with Crippen LogP contribution >= 0.6 is 0 Å². The third-order valence-electron chi connectivity index (χ3n) is 3.88. The van der Waals surface area contributed by atoms with Crippen molar-refractivity contribution in [2.24, 2.45) is 13.0 Å². The summed E-state index contributed by atoms with van der Waals surface area (Å²) in [5.41, 5.74) is 6.36. The summed E-state index contributed by atoms with van der Waals surface area (Å²) in [6.07, 6.45) is 2.88. The molecular weight excluding hydrogens is 264 g/mol. The zero-order valence-electron chi connectivity index (χ0n) is 11.8. The number of hydrogen-bond donors (Lipinski definition) is 1. The maximum Gasteiger partial charge on any atom is 0.248 e. The summed E-state index contributed by atoms with van der Waals surface area (Å²) >= 11 is 0. The fourth-order valence-corrected chi connectivity index (χ4v) is 4.32. The van der Waals surface area contributed by atoms with E-state index in [1.165, 1.54) is 4.68 Å². The van der Waals surface area contributed by atoms with E-state index >= 15 is 0 Å². The zero-order chi connectivity index (χ0) is 14.2. The number of aryl methyl sites for hydroxylation is 1. The molecule has 0 radical (unpaired) electrons. The van der Waals surface area contributed by atoms with Gasteiger partial charge in [0.15, 0.2) is 5.82 Å². The van der Waals surface area contributed by atoms with Gasteiger partial charge in [-0.05, 0) is 32.1 Å². The maximum atomic E-state index is 12.7. The average molecular weight is 286 g/mol. The Morgan fingerprint density at radius 2 is 2.00 bits per heavy atom. The Hall–Kier alpha value is -1.08. The number of nitrogens with zero attached hydrogens (tertiary/aromatic N) is 3. The van der Waals surface area contributed by atoms with E-state index in [0.29, 0.717) is 24.7 Å². The van der Waals surface area contributed by atoms with Crippen molar-refractivity contribution in [3.63, 3.8) is 0 Å². The number of aromatic nitrogens is 2. The molecule has 0 amide bonds. The van der Waals surface area contributed by atoms with E-state index in [9.17, 15) is 8.42 Å². The van der Waals surface area contributed by atoms with Crippen LogP contribution in [0.15, 0.2) is 4.90 Å². The first-order chi connectivity index (χ1) is 8.84. The van der Waals surface area contributed by atoms with E-state index < -0.39 is 10.0 Å². The largest absolute Gasteiger partial charge is 0.381 e. The minimum atomic E-state index is -3.52. The summed E-state index contributed by atoms with van der Waals surface area (Å²) in [5.74, 6) is 0.671. The molecule has 1 saturated heterocycles. The highest BCUT2D eigenvalue weighted by molar-refractivity contribution is 7.89. The van der Waals surface area contributed by atoms with E-state index in [2.05, 4.69) is 12.0 Å². The van der Waals surface area contributed by atoms with Crippen molar-refractivity contribution in [1.29, 1.82) is 0 Å². The van der Waals surface area contributed by atoms with Crippen LogP contribution in [-0.4, -0.2) is 35.6 Å². The number of rotatable bonds is 2. The third-order valence-corrected chi connectivity index (χ3v) is 5.94. The fraction of sp³-hybridized carbons (Fsp3) is 0.750. The standard InChI is InChI=1S/C12H22N4O2S/c1-9-5-4-7-16(8-6-9)19(17,18)11-10(2)15(3)14-12(11)13/h9H,4-8H2,1-3H3,(H2,13,14). The predicted molar refractivity (Wildman–Crippen MR) is 74.1 cm³/mol. The van der Waals surface area contributed by atoms with Gasteiger partial charge in [0.1, 0.15) is 4.90 Å². The second-order valence-electron chi connectivity index (χ2n) is 5.36. The van der Waals surface area contributed by atoms with Crippen LogP contribution in [0.1, 0.15) is 31.9 Å². The van der Waals surface area contributed by atoms with E-state index in [-0.39, 0.29) is 10.7 Å². The Bertz CT molecular complexity index is 565. The fourth-order valence-electron chi connectivity index (χ4n) is 2.54. The number of hydrogen-bond acceptors (Lipinski definition) is 4. The van der Waals surface area contributed by atoms with Gasteiger partial charge in [-0.1, -0.05) is 6.92 Å². The molecule has 19 heavy (non-hydrogen) atoms. The molecule has 1 atom stereocenters. The predicted octanol–water partition coefficient (Wildman–Crippen LogP) is 1.12. The van der Waals surface area contributed by atoms with Crippen LogP contribution < -0.4 is 5.73 Å². The first-order valence-electron chi connectivity index (χ1n) is 6.63. The van der Waals surface area contributed by atoms with Gasteiger partial charge in [0.05, 0.1) is 5.69 Å². The van der Waals surface area contributed by atoms with Crippen molar-refractivity contribution in [1.82, 2.24) is 14.1 Å². The number of nitrogen functional groups attached to an aromatic ring is 1. The van der Waals surface area contributed by atoms with Gasteiger partial charge in [0.25, 0.3) is 0 Å². The Labute approximate surface area is 114 Å². The van der Waals surface area contributed by atoms with E-state index in [1.54, 1.807) is 18.3 Å². The Morgan fingerprint density at radius 3 is 2.58 bits per heavy atom. The van der Waals surface area contributed by atoms with Crippen LogP contribution in [0.2, 0.25) is 0 Å². The summed E-state index contributed by atoms with van der Waals surface area (Å²) in [6.45, 7) is 5.04. The van der Waals surface area contributed by atoms with Gasteiger partial charge in [0.2, 0.25) is 10.0 Å². The SMILES string of the molecule is Cc1c(S(=O)(=O)N2CCCC(C)CC2)c(N)nn1C. The van der Waals surface area contributed by atoms with Gasteiger partial charge in [-0.3, -0.25) is 4.68 Å². The van der Waals surface area contributed by atoms with Gasteiger partial charge >= 0.3 is 0 Å². The molecular formula is C12H22N4O2S. The monoisotopic (exact) mass is 286 g/mol. The molecule has 1 aromatic heterocycles. The normalized spacial score (nSPS) is 22.4. The van der Waals surface area contributed by atoms with E-state index in [1.807, 2.05) is 0 Å². The van der Waals surface area contributed by atoms with Crippen LogP contribution in [0.5, 0.6) is 0 Å². The van der Waals surface area contributed by atoms with Gasteiger partial charge in [0, 0.05) is 20.1 Å². The Morgan fingerprint density at radius 1 is 1.32 bits per heavy atom. The van der Waals surface area contributed by atoms with Crippen molar-refractivity contribution in [2.75, 3.05) is 18.8 Å². The van der Waals surface area contributed by atoms with Crippen LogP contribution in [0.4, 0.5) is 5.82 Å². The van der Waals surface area contributed by atoms with Crippen LogP contribution in [0, 0.1) is 12.8 Å². The zero-order valence-corrected chi connectivity index (χ0v) is 12.6. The number of sulfonamides is 1. The maximum absolute atomic E-state index is 12.7. The smallest absolute Gasteiger partial charge is 0.248 e. The van der Waals surface area contributed by atoms with Crippen molar-refractivity contribution in [2.45, 2.75) is 38.0 Å². The Kier molecular flexibility index (Phi) is 3.87. The molecule has 108 valence electrons. The lowest BCUT2D eigenvalue weighted by atomic mass is 10.0. The second-order valence-corrected chi connectivity index (χ2v) is 7.24. The molecule has 2 heterocycles. The quantitative estimate of drug-likeness (QED) is 0.883. The van der Waals surface area contributed by atoms with Crippen LogP contribution in [-0.2, 0) is 17.1 Å². The first-order valence-corrected chi connectivity index (χ1v) is 8.07. The molecule has 1 aliphatic rings. The molecule has 0 aromatic carbocycles. The molecule has 1 aromatic rings. The number of nitrogens with two attached hydrogens (primary N) is 1. The molecule has 6 nitrogen and oxygen atoms in total. The summed E-state index contributed by atoms with van der Waals surface area (Å²) < 4.78 is 28.5. The van der Waals surface area contributed by atoms with Crippen LogP contribution in [0.25, 0.3) is 0 Å². The van der Waals surface area contributed by atoms with E-state index in [4.69, 9.17) is 5.73 Å². The highest BCUT2D eigenvalue weighted by atomic mass is 32.2. The molecule has 0 aliphatic carbocycles. The molecule has 0 bridgehead atoms. The minimum absolute atomic E-state index is 0.0947. The molecule has 2 rings (SSSR count). The summed E-state index contributed by atoms with van der Waals surface area (Å²) in [4.78, 5) is 0.171. The average Bonchev–Trinajstić information content (AvgIpc) is 2.51.